The summed E-state index contributed by atoms with van der Waals surface area (Å²) in [7, 11) is 3.24. The fourth-order valence-electron chi connectivity index (χ4n) is 4.31. The first kappa shape index (κ1) is 23.0. The van der Waals surface area contributed by atoms with Crippen molar-refractivity contribution in [2.75, 3.05) is 51.9 Å². The SMILES string of the molecule is CN=c1cc(N2CCOc3cc(C(=O)N4CCCCC4)cnc32)ccn1C(=O)C(C)COC. The van der Waals surface area contributed by atoms with Crippen LogP contribution in [0, 0.1) is 5.92 Å². The second-order valence-corrected chi connectivity index (χ2v) is 8.43. The molecule has 1 unspecified atom stereocenters. The van der Waals surface area contributed by atoms with E-state index < -0.39 is 0 Å². The Kier molecular flexibility index (Phi) is 7.08. The van der Waals surface area contributed by atoms with E-state index in [4.69, 9.17) is 9.47 Å². The number of amides is 1. The molecule has 0 N–H and O–H groups in total. The molecule has 0 bridgehead atoms. The highest BCUT2D eigenvalue weighted by atomic mass is 16.5. The summed E-state index contributed by atoms with van der Waals surface area (Å²) in [5.74, 6) is 0.872. The van der Waals surface area contributed by atoms with Crippen molar-refractivity contribution in [2.24, 2.45) is 10.9 Å². The van der Waals surface area contributed by atoms with Crippen LogP contribution < -0.4 is 15.1 Å². The number of pyridine rings is 2. The lowest BCUT2D eigenvalue weighted by molar-refractivity contribution is 0.0720. The molecule has 2 aromatic heterocycles. The lowest BCUT2D eigenvalue weighted by Gasteiger charge is -2.31. The minimum absolute atomic E-state index is 0.00207. The maximum Gasteiger partial charge on any atom is 0.255 e. The molecule has 2 aliphatic rings. The summed E-state index contributed by atoms with van der Waals surface area (Å²) in [5, 5.41) is 0. The van der Waals surface area contributed by atoms with Gasteiger partial charge in [-0.25, -0.2) is 4.98 Å². The molecule has 33 heavy (non-hydrogen) atoms. The largest absolute Gasteiger partial charge is 0.488 e. The highest BCUT2D eigenvalue weighted by Gasteiger charge is 2.25. The van der Waals surface area contributed by atoms with Gasteiger partial charge in [-0.05, 0) is 31.4 Å². The lowest BCUT2D eigenvalue weighted by atomic mass is 10.1. The van der Waals surface area contributed by atoms with E-state index in [-0.39, 0.29) is 17.7 Å². The van der Waals surface area contributed by atoms with E-state index in [1.807, 2.05) is 28.9 Å². The number of fused-ring (bicyclic) bond motifs is 1. The fourth-order valence-corrected chi connectivity index (χ4v) is 4.31. The molecule has 0 aliphatic carbocycles. The number of aromatic nitrogens is 2. The Bertz CT molecular complexity index is 1090. The van der Waals surface area contributed by atoms with Crippen LogP contribution in [-0.2, 0) is 4.74 Å². The second-order valence-electron chi connectivity index (χ2n) is 8.43. The summed E-state index contributed by atoms with van der Waals surface area (Å²) in [6.45, 7) is 4.82. The van der Waals surface area contributed by atoms with Gasteiger partial charge in [0.2, 0.25) is 5.91 Å². The molecule has 4 heterocycles. The highest BCUT2D eigenvalue weighted by Crippen LogP contribution is 2.35. The van der Waals surface area contributed by atoms with Gasteiger partial charge < -0.3 is 19.3 Å². The number of likely N-dealkylation sites (tertiary alicyclic amines) is 1. The second kappa shape index (κ2) is 10.2. The molecule has 1 amide bonds. The zero-order valence-electron chi connectivity index (χ0n) is 19.5. The maximum absolute atomic E-state index is 12.9. The molecule has 0 aromatic carbocycles. The zero-order chi connectivity index (χ0) is 23.4. The first-order valence-electron chi connectivity index (χ1n) is 11.4. The van der Waals surface area contributed by atoms with Gasteiger partial charge in [-0.15, -0.1) is 0 Å². The molecule has 9 heteroatoms. The predicted molar refractivity (Wildman–Crippen MR) is 124 cm³/mol. The number of piperidine rings is 1. The van der Waals surface area contributed by atoms with Crippen LogP contribution >= 0.6 is 0 Å². The van der Waals surface area contributed by atoms with Crippen molar-refractivity contribution in [1.82, 2.24) is 14.5 Å². The van der Waals surface area contributed by atoms with Gasteiger partial charge in [0.05, 0.1) is 24.6 Å². The van der Waals surface area contributed by atoms with E-state index in [1.165, 1.54) is 6.42 Å². The Hall–Kier alpha value is -3.20. The summed E-state index contributed by atoms with van der Waals surface area (Å²) in [6.07, 6.45) is 6.61. The summed E-state index contributed by atoms with van der Waals surface area (Å²) in [5.41, 5.74) is 1.95. The van der Waals surface area contributed by atoms with Crippen LogP contribution in [0.1, 0.15) is 41.3 Å². The fraction of sp³-hybridized carbons (Fsp3) is 0.500. The van der Waals surface area contributed by atoms with Crippen LogP contribution in [-0.4, -0.2) is 73.3 Å². The van der Waals surface area contributed by atoms with Crippen molar-refractivity contribution >= 4 is 23.3 Å². The van der Waals surface area contributed by atoms with Crippen molar-refractivity contribution in [3.8, 4) is 5.75 Å². The summed E-state index contributed by atoms with van der Waals surface area (Å²) < 4.78 is 12.5. The van der Waals surface area contributed by atoms with E-state index >= 15 is 0 Å². The van der Waals surface area contributed by atoms with Crippen LogP contribution in [0.15, 0.2) is 35.6 Å². The number of ether oxygens (including phenoxy) is 2. The Balaban J connectivity index is 1.61. The normalized spacial score (nSPS) is 17.4. The Morgan fingerprint density at radius 3 is 2.73 bits per heavy atom. The number of carbonyl (C=O) groups is 2. The van der Waals surface area contributed by atoms with Crippen molar-refractivity contribution in [2.45, 2.75) is 26.2 Å². The molecule has 0 spiro atoms. The molecule has 1 saturated heterocycles. The molecule has 0 radical (unpaired) electrons. The van der Waals surface area contributed by atoms with Gasteiger partial charge in [-0.3, -0.25) is 19.1 Å². The van der Waals surface area contributed by atoms with Crippen LogP contribution in [0.5, 0.6) is 5.75 Å². The van der Waals surface area contributed by atoms with E-state index in [9.17, 15) is 9.59 Å². The van der Waals surface area contributed by atoms with Crippen LogP contribution in [0.3, 0.4) is 0 Å². The van der Waals surface area contributed by atoms with Crippen molar-refractivity contribution in [1.29, 1.82) is 0 Å². The van der Waals surface area contributed by atoms with Gasteiger partial charge in [0.25, 0.3) is 5.91 Å². The van der Waals surface area contributed by atoms with Crippen LogP contribution in [0.2, 0.25) is 0 Å². The molecule has 176 valence electrons. The Morgan fingerprint density at radius 1 is 1.21 bits per heavy atom. The lowest BCUT2D eigenvalue weighted by Crippen LogP contribution is -2.36. The van der Waals surface area contributed by atoms with Crippen LogP contribution in [0.25, 0.3) is 0 Å². The molecular weight excluding hydrogens is 422 g/mol. The third-order valence-corrected chi connectivity index (χ3v) is 6.09. The number of nitrogens with zero attached hydrogens (tertiary/aromatic N) is 5. The highest BCUT2D eigenvalue weighted by molar-refractivity contribution is 5.95. The Labute approximate surface area is 193 Å². The molecule has 2 aliphatic heterocycles. The van der Waals surface area contributed by atoms with Crippen molar-refractivity contribution in [3.05, 3.63) is 41.6 Å². The van der Waals surface area contributed by atoms with E-state index in [0.717, 1.165) is 31.6 Å². The average Bonchev–Trinajstić information content (AvgIpc) is 2.87. The van der Waals surface area contributed by atoms with E-state index in [1.54, 1.807) is 37.2 Å². The first-order chi connectivity index (χ1) is 16.0. The van der Waals surface area contributed by atoms with E-state index in [0.29, 0.717) is 42.4 Å². The molecular formula is C24H31N5O4. The molecule has 4 rings (SSSR count). The third-order valence-electron chi connectivity index (χ3n) is 6.09. The topological polar surface area (TPSA) is 89.3 Å². The number of rotatable bonds is 5. The predicted octanol–water partition coefficient (Wildman–Crippen LogP) is 2.49. The monoisotopic (exact) mass is 453 g/mol. The molecule has 1 atom stereocenters. The first-order valence-corrected chi connectivity index (χ1v) is 11.4. The van der Waals surface area contributed by atoms with Gasteiger partial charge in [0.1, 0.15) is 12.1 Å². The molecule has 2 aromatic rings. The summed E-state index contributed by atoms with van der Waals surface area (Å²) in [6, 6.07) is 5.52. The standard InChI is InChI=1S/C24H31N5O4/c1-17(16-32-3)23(30)29-10-7-19(14-21(29)25-2)28-11-12-33-20-13-18(15-26-22(20)28)24(31)27-8-5-4-6-9-27/h7,10,13-15,17H,4-6,8-9,11-12,16H2,1-3H3. The third kappa shape index (κ3) is 4.78. The summed E-state index contributed by atoms with van der Waals surface area (Å²) in [4.78, 5) is 38.5. The minimum atomic E-state index is -0.284. The van der Waals surface area contributed by atoms with E-state index in [2.05, 4.69) is 9.98 Å². The van der Waals surface area contributed by atoms with Crippen molar-refractivity contribution in [3.63, 3.8) is 0 Å². The molecule has 9 nitrogen and oxygen atoms in total. The van der Waals surface area contributed by atoms with Crippen LogP contribution in [0.4, 0.5) is 11.5 Å². The minimum Gasteiger partial charge on any atom is -0.488 e. The number of methoxy groups -OCH3 is 1. The maximum atomic E-state index is 12.9. The quantitative estimate of drug-likeness (QED) is 0.691. The zero-order valence-corrected chi connectivity index (χ0v) is 19.5. The number of hydrogen-bond donors (Lipinski definition) is 0. The van der Waals surface area contributed by atoms with Gasteiger partial charge in [-0.1, -0.05) is 6.92 Å². The molecule has 1 fully saturated rings. The van der Waals surface area contributed by atoms with Gasteiger partial charge in [-0.2, -0.15) is 0 Å². The summed E-state index contributed by atoms with van der Waals surface area (Å²) >= 11 is 0. The smallest absolute Gasteiger partial charge is 0.255 e. The number of hydrogen-bond acceptors (Lipinski definition) is 7. The molecule has 0 saturated carbocycles. The van der Waals surface area contributed by atoms with Crippen molar-refractivity contribution < 1.29 is 19.1 Å². The average molecular weight is 454 g/mol. The van der Waals surface area contributed by atoms with Gasteiger partial charge in [0.15, 0.2) is 11.6 Å². The van der Waals surface area contributed by atoms with Gasteiger partial charge >= 0.3 is 0 Å². The number of anilines is 2. The van der Waals surface area contributed by atoms with Gasteiger partial charge in [0, 0.05) is 51.4 Å². The number of carbonyl (C=O) groups excluding carboxylic acids is 2. The Morgan fingerprint density at radius 2 is 2.00 bits per heavy atom.